The smallest absolute Gasteiger partial charge is 0.272 e. The number of rotatable bonds is 10. The fourth-order valence-electron chi connectivity index (χ4n) is 3.83. The van der Waals surface area contributed by atoms with E-state index in [1.54, 1.807) is 48.5 Å². The maximum absolute atomic E-state index is 13.4. The Hall–Kier alpha value is -4.69. The van der Waals surface area contributed by atoms with Gasteiger partial charge >= 0.3 is 0 Å². The summed E-state index contributed by atoms with van der Waals surface area (Å²) in [4.78, 5) is 39.4. The Bertz CT molecular complexity index is 1540. The third-order valence-corrected chi connectivity index (χ3v) is 7.03. The Balaban J connectivity index is 1.46. The third kappa shape index (κ3) is 8.91. The second kappa shape index (κ2) is 14.1. The van der Waals surface area contributed by atoms with Gasteiger partial charge in [0.15, 0.2) is 0 Å². The lowest BCUT2D eigenvalue weighted by molar-refractivity contribution is -0.114. The fraction of sp³-hybridized carbons (Fsp3) is 0.121. The topological polar surface area (TPSA) is 87.3 Å². The lowest BCUT2D eigenvalue weighted by Gasteiger charge is -2.13. The summed E-state index contributed by atoms with van der Waals surface area (Å²) in [5.41, 5.74) is 3.47. The Labute approximate surface area is 243 Å². The molecule has 0 saturated carbocycles. The van der Waals surface area contributed by atoms with Crippen LogP contribution in [-0.2, 0) is 9.59 Å². The first-order valence-corrected chi connectivity index (χ1v) is 14.0. The number of amides is 3. The van der Waals surface area contributed by atoms with E-state index >= 15 is 0 Å². The molecule has 0 spiro atoms. The van der Waals surface area contributed by atoms with Crippen LogP contribution in [0.25, 0.3) is 6.08 Å². The van der Waals surface area contributed by atoms with E-state index in [2.05, 4.69) is 29.8 Å². The van der Waals surface area contributed by atoms with Gasteiger partial charge in [-0.15, -0.1) is 11.8 Å². The minimum Gasteiger partial charge on any atom is -0.325 e. The molecule has 4 aromatic rings. The quantitative estimate of drug-likeness (QED) is 0.141. The Morgan fingerprint density at radius 2 is 1.51 bits per heavy atom. The number of benzene rings is 4. The van der Waals surface area contributed by atoms with E-state index < -0.39 is 11.8 Å². The van der Waals surface area contributed by atoms with Crippen LogP contribution in [0.4, 0.5) is 15.8 Å². The van der Waals surface area contributed by atoms with Crippen LogP contribution in [0.2, 0.25) is 0 Å². The van der Waals surface area contributed by atoms with Gasteiger partial charge in [0.2, 0.25) is 5.91 Å². The Morgan fingerprint density at radius 1 is 0.805 bits per heavy atom. The molecule has 208 valence electrons. The highest BCUT2D eigenvalue weighted by Gasteiger charge is 2.16. The van der Waals surface area contributed by atoms with Crippen molar-refractivity contribution in [3.05, 3.63) is 131 Å². The van der Waals surface area contributed by atoms with Gasteiger partial charge in [0.05, 0.1) is 5.75 Å². The first-order chi connectivity index (χ1) is 19.8. The third-order valence-electron chi connectivity index (χ3n) is 6.03. The molecule has 0 aliphatic carbocycles. The molecule has 0 bridgehead atoms. The molecule has 0 aliphatic heterocycles. The molecule has 0 atom stereocenters. The zero-order valence-corrected chi connectivity index (χ0v) is 23.5. The first-order valence-electron chi connectivity index (χ1n) is 13.0. The van der Waals surface area contributed by atoms with Crippen molar-refractivity contribution < 1.29 is 18.8 Å². The lowest BCUT2D eigenvalue weighted by Crippen LogP contribution is -2.30. The monoisotopic (exact) mass is 567 g/mol. The molecule has 4 rings (SSSR count). The van der Waals surface area contributed by atoms with E-state index in [0.717, 1.165) is 10.5 Å². The maximum Gasteiger partial charge on any atom is 0.272 e. The minimum atomic E-state index is -0.488. The Kier molecular flexibility index (Phi) is 10.1. The summed E-state index contributed by atoms with van der Waals surface area (Å²) in [6.45, 7) is 4.21. The molecule has 4 aromatic carbocycles. The van der Waals surface area contributed by atoms with Crippen LogP contribution in [0.15, 0.2) is 114 Å². The van der Waals surface area contributed by atoms with Gasteiger partial charge in [-0.3, -0.25) is 14.4 Å². The summed E-state index contributed by atoms with van der Waals surface area (Å²) >= 11 is 1.29. The number of nitrogens with one attached hydrogen (secondary N) is 3. The lowest BCUT2D eigenvalue weighted by atomic mass is 10.0. The van der Waals surface area contributed by atoms with Crippen molar-refractivity contribution in [3.8, 4) is 0 Å². The SMILES string of the molecule is CC(C)c1ccc(/C=C(/NC(=O)c2ccccc2)C(=O)Nc2cccc(SCC(=O)Nc3ccc(F)cc3)c2)cc1. The van der Waals surface area contributed by atoms with Crippen LogP contribution in [0.5, 0.6) is 0 Å². The molecule has 3 N–H and O–H groups in total. The summed E-state index contributed by atoms with van der Waals surface area (Å²) < 4.78 is 13.1. The first kappa shape index (κ1) is 29.3. The molecule has 6 nitrogen and oxygen atoms in total. The number of anilines is 2. The molecule has 0 aromatic heterocycles. The largest absolute Gasteiger partial charge is 0.325 e. The van der Waals surface area contributed by atoms with Crippen molar-refractivity contribution in [2.24, 2.45) is 0 Å². The van der Waals surface area contributed by atoms with Crippen LogP contribution in [0.1, 0.15) is 41.3 Å². The second-order valence-corrected chi connectivity index (χ2v) is 10.6. The molecule has 41 heavy (non-hydrogen) atoms. The molecule has 0 fully saturated rings. The average Bonchev–Trinajstić information content (AvgIpc) is 2.98. The van der Waals surface area contributed by atoms with Crippen molar-refractivity contribution in [1.29, 1.82) is 0 Å². The van der Waals surface area contributed by atoms with Gasteiger partial charge in [-0.25, -0.2) is 4.39 Å². The van der Waals surface area contributed by atoms with Gasteiger partial charge < -0.3 is 16.0 Å². The summed E-state index contributed by atoms with van der Waals surface area (Å²) in [5.74, 6) is -1.01. The number of hydrogen-bond donors (Lipinski definition) is 3. The van der Waals surface area contributed by atoms with Gasteiger partial charge in [0.25, 0.3) is 11.8 Å². The number of thioether (sulfide) groups is 1. The Morgan fingerprint density at radius 3 is 2.20 bits per heavy atom. The van der Waals surface area contributed by atoms with E-state index in [0.29, 0.717) is 22.9 Å². The average molecular weight is 568 g/mol. The highest BCUT2D eigenvalue weighted by molar-refractivity contribution is 8.00. The molecule has 0 heterocycles. The molecular formula is C33H30FN3O3S. The van der Waals surface area contributed by atoms with Gasteiger partial charge in [0, 0.05) is 21.8 Å². The van der Waals surface area contributed by atoms with Crippen molar-refractivity contribution in [1.82, 2.24) is 5.32 Å². The molecule has 0 unspecified atom stereocenters. The normalized spacial score (nSPS) is 11.2. The van der Waals surface area contributed by atoms with Crippen LogP contribution in [0.3, 0.4) is 0 Å². The second-order valence-electron chi connectivity index (χ2n) is 9.53. The number of halogens is 1. The van der Waals surface area contributed by atoms with Crippen molar-refractivity contribution >= 4 is 46.9 Å². The molecule has 0 saturated heterocycles. The zero-order chi connectivity index (χ0) is 29.2. The van der Waals surface area contributed by atoms with E-state index in [9.17, 15) is 18.8 Å². The molecule has 0 aliphatic rings. The van der Waals surface area contributed by atoms with Gasteiger partial charge in [0.1, 0.15) is 11.5 Å². The van der Waals surface area contributed by atoms with Crippen LogP contribution < -0.4 is 16.0 Å². The van der Waals surface area contributed by atoms with Crippen molar-refractivity contribution in [2.75, 3.05) is 16.4 Å². The zero-order valence-electron chi connectivity index (χ0n) is 22.7. The van der Waals surface area contributed by atoms with E-state index in [1.165, 1.54) is 41.6 Å². The summed E-state index contributed by atoms with van der Waals surface area (Å²) in [6.07, 6.45) is 1.64. The molecule has 3 amide bonds. The predicted octanol–water partition coefficient (Wildman–Crippen LogP) is 7.09. The van der Waals surface area contributed by atoms with E-state index in [4.69, 9.17) is 0 Å². The minimum absolute atomic E-state index is 0.0906. The van der Waals surface area contributed by atoms with Gasteiger partial charge in [-0.1, -0.05) is 62.4 Å². The summed E-state index contributed by atoms with van der Waals surface area (Å²) in [7, 11) is 0. The highest BCUT2D eigenvalue weighted by atomic mass is 32.2. The van der Waals surface area contributed by atoms with Crippen molar-refractivity contribution in [3.63, 3.8) is 0 Å². The summed E-state index contributed by atoms with van der Waals surface area (Å²) in [6, 6.07) is 29.1. The van der Waals surface area contributed by atoms with Crippen molar-refractivity contribution in [2.45, 2.75) is 24.7 Å². The predicted molar refractivity (Wildman–Crippen MR) is 163 cm³/mol. The van der Waals surface area contributed by atoms with Crippen LogP contribution >= 0.6 is 11.8 Å². The number of carbonyl (C=O) groups is 3. The highest BCUT2D eigenvalue weighted by Crippen LogP contribution is 2.23. The van der Waals surface area contributed by atoms with E-state index in [1.807, 2.05) is 36.4 Å². The van der Waals surface area contributed by atoms with E-state index in [-0.39, 0.29) is 23.2 Å². The maximum atomic E-state index is 13.4. The number of carbonyl (C=O) groups excluding carboxylic acids is 3. The van der Waals surface area contributed by atoms with Gasteiger partial charge in [-0.2, -0.15) is 0 Å². The van der Waals surface area contributed by atoms with Gasteiger partial charge in [-0.05, 0) is 77.7 Å². The summed E-state index contributed by atoms with van der Waals surface area (Å²) in [5, 5.41) is 8.32. The molecular weight excluding hydrogens is 537 g/mol. The molecule has 0 radical (unpaired) electrons. The standard InChI is InChI=1S/C33H30FN3O3S/c1-22(2)24-13-11-23(12-14-24)19-30(37-32(39)25-7-4-3-5-8-25)33(40)36-28-9-6-10-29(20-28)41-21-31(38)35-27-17-15-26(34)16-18-27/h3-20,22H,21H2,1-2H3,(H,35,38)(H,36,40)(H,37,39)/b30-19+. The van der Waals surface area contributed by atoms with Crippen LogP contribution in [-0.4, -0.2) is 23.5 Å². The fourth-order valence-corrected chi connectivity index (χ4v) is 4.58. The number of hydrogen-bond acceptors (Lipinski definition) is 4. The van der Waals surface area contributed by atoms with Crippen LogP contribution in [0, 0.1) is 5.82 Å². The molecule has 8 heteroatoms.